The zero-order chi connectivity index (χ0) is 16.4. The highest BCUT2D eigenvalue weighted by Gasteiger charge is 2.22. The molecule has 0 aliphatic carbocycles. The van der Waals surface area contributed by atoms with Crippen LogP contribution in [-0.2, 0) is 0 Å². The van der Waals surface area contributed by atoms with E-state index in [9.17, 15) is 5.11 Å². The Kier molecular flexibility index (Phi) is 3.92. The van der Waals surface area contributed by atoms with E-state index in [-0.39, 0.29) is 6.10 Å². The second-order valence-corrected chi connectivity index (χ2v) is 5.78. The van der Waals surface area contributed by atoms with Gasteiger partial charge in [-0.1, -0.05) is 0 Å². The van der Waals surface area contributed by atoms with Crippen LogP contribution in [0.15, 0.2) is 47.8 Å². The normalized spacial score (nSPS) is 17.9. The highest BCUT2D eigenvalue weighted by molar-refractivity contribution is 5.78. The van der Waals surface area contributed by atoms with E-state index >= 15 is 0 Å². The lowest BCUT2D eigenvalue weighted by Crippen LogP contribution is -2.39. The van der Waals surface area contributed by atoms with Crippen LogP contribution in [0.2, 0.25) is 0 Å². The molecule has 0 saturated carbocycles. The van der Waals surface area contributed by atoms with Crippen LogP contribution in [0.1, 0.15) is 12.8 Å². The van der Waals surface area contributed by atoms with Gasteiger partial charge in [0.25, 0.3) is 0 Å². The summed E-state index contributed by atoms with van der Waals surface area (Å²) in [6, 6.07) is 1.86. The molecule has 4 heterocycles. The van der Waals surface area contributed by atoms with E-state index in [0.29, 0.717) is 18.2 Å². The summed E-state index contributed by atoms with van der Waals surface area (Å²) in [7, 11) is 0. The number of piperidine rings is 1. The zero-order valence-electron chi connectivity index (χ0n) is 13.0. The topological polar surface area (TPSA) is 88.2 Å². The van der Waals surface area contributed by atoms with E-state index in [1.807, 2.05) is 11.0 Å². The maximum atomic E-state index is 9.90. The summed E-state index contributed by atoms with van der Waals surface area (Å²) in [5, 5.41) is 9.90. The second-order valence-electron chi connectivity index (χ2n) is 5.78. The Morgan fingerprint density at radius 3 is 2.92 bits per heavy atom. The molecule has 24 heavy (non-hydrogen) atoms. The first-order valence-corrected chi connectivity index (χ1v) is 7.90. The largest absolute Gasteiger partial charge is 0.472 e. The van der Waals surface area contributed by atoms with Gasteiger partial charge in [-0.15, -0.1) is 0 Å². The SMILES string of the molecule is OC1CCCN(c2ncc(-c3cnccn3)c(-c3ccoc3)n2)C1. The third kappa shape index (κ3) is 2.85. The maximum absolute atomic E-state index is 9.90. The van der Waals surface area contributed by atoms with Gasteiger partial charge in [-0.25, -0.2) is 9.97 Å². The lowest BCUT2D eigenvalue weighted by atomic mass is 10.1. The Labute approximate surface area is 139 Å². The average molecular weight is 323 g/mol. The van der Waals surface area contributed by atoms with E-state index in [1.54, 1.807) is 37.3 Å². The van der Waals surface area contributed by atoms with Crippen molar-refractivity contribution in [2.75, 3.05) is 18.0 Å². The molecule has 3 aromatic rings. The summed E-state index contributed by atoms with van der Waals surface area (Å²) >= 11 is 0. The summed E-state index contributed by atoms with van der Waals surface area (Å²) in [5.41, 5.74) is 3.11. The molecule has 1 saturated heterocycles. The fraction of sp³-hybridized carbons (Fsp3) is 0.294. The molecule has 1 aliphatic heterocycles. The van der Waals surface area contributed by atoms with Crippen LogP contribution in [-0.4, -0.2) is 44.2 Å². The Balaban J connectivity index is 1.78. The Morgan fingerprint density at radius 1 is 1.21 bits per heavy atom. The minimum atomic E-state index is -0.334. The molecule has 0 bridgehead atoms. The van der Waals surface area contributed by atoms with Gasteiger partial charge >= 0.3 is 0 Å². The Bertz CT molecular complexity index is 807. The number of hydrogen-bond acceptors (Lipinski definition) is 7. The molecule has 1 aliphatic rings. The Hall–Kier alpha value is -2.80. The van der Waals surface area contributed by atoms with Crippen LogP contribution < -0.4 is 4.90 Å². The highest BCUT2D eigenvalue weighted by Crippen LogP contribution is 2.30. The molecular weight excluding hydrogens is 306 g/mol. The van der Waals surface area contributed by atoms with Crippen LogP contribution in [0.25, 0.3) is 22.5 Å². The Morgan fingerprint density at radius 2 is 2.17 bits per heavy atom. The van der Waals surface area contributed by atoms with Gasteiger partial charge < -0.3 is 14.4 Å². The number of rotatable bonds is 3. The molecule has 0 amide bonds. The summed E-state index contributed by atoms with van der Waals surface area (Å²) in [6.45, 7) is 1.39. The predicted octanol–water partition coefficient (Wildman–Crippen LogP) is 2.15. The molecule has 0 radical (unpaired) electrons. The predicted molar refractivity (Wildman–Crippen MR) is 88.2 cm³/mol. The van der Waals surface area contributed by atoms with Gasteiger partial charge in [-0.05, 0) is 18.9 Å². The molecule has 7 nitrogen and oxygen atoms in total. The van der Waals surface area contributed by atoms with E-state index in [2.05, 4.69) is 15.0 Å². The van der Waals surface area contributed by atoms with Crippen LogP contribution in [0.5, 0.6) is 0 Å². The molecule has 3 aromatic heterocycles. The van der Waals surface area contributed by atoms with Gasteiger partial charge in [0, 0.05) is 42.8 Å². The minimum absolute atomic E-state index is 0.334. The molecule has 1 fully saturated rings. The number of aliphatic hydroxyl groups excluding tert-OH is 1. The van der Waals surface area contributed by atoms with E-state index in [4.69, 9.17) is 9.40 Å². The number of furan rings is 1. The van der Waals surface area contributed by atoms with Crippen molar-refractivity contribution >= 4 is 5.95 Å². The molecule has 1 atom stereocenters. The van der Waals surface area contributed by atoms with E-state index in [1.165, 1.54) is 0 Å². The van der Waals surface area contributed by atoms with Crippen molar-refractivity contribution in [3.63, 3.8) is 0 Å². The fourth-order valence-electron chi connectivity index (χ4n) is 2.91. The van der Waals surface area contributed by atoms with E-state index in [0.717, 1.165) is 36.2 Å². The highest BCUT2D eigenvalue weighted by atomic mass is 16.3. The second kappa shape index (κ2) is 6.37. The standard InChI is InChI=1S/C17H17N5O2/c23-13-2-1-6-22(10-13)17-20-8-14(15-9-18-4-5-19-15)16(21-17)12-3-7-24-11-12/h3-5,7-9,11,13,23H,1-2,6,10H2. The summed E-state index contributed by atoms with van der Waals surface area (Å²) in [6.07, 6.45) is 11.4. The molecule has 4 rings (SSSR count). The number of aliphatic hydroxyl groups is 1. The smallest absolute Gasteiger partial charge is 0.225 e. The molecule has 7 heteroatoms. The minimum Gasteiger partial charge on any atom is -0.472 e. The van der Waals surface area contributed by atoms with Crippen LogP contribution in [0, 0.1) is 0 Å². The first kappa shape index (κ1) is 14.8. The number of aromatic nitrogens is 4. The quantitative estimate of drug-likeness (QED) is 0.790. The maximum Gasteiger partial charge on any atom is 0.225 e. The van der Waals surface area contributed by atoms with Gasteiger partial charge in [0.2, 0.25) is 5.95 Å². The van der Waals surface area contributed by atoms with Gasteiger partial charge in [-0.2, -0.15) is 0 Å². The van der Waals surface area contributed by atoms with Crippen molar-refractivity contribution in [3.05, 3.63) is 43.4 Å². The number of β-amino-alcohol motifs (C(OH)–C–C–N with tert-alkyl or cyclic N) is 1. The number of nitrogens with zero attached hydrogens (tertiary/aromatic N) is 5. The molecular formula is C17H17N5O2. The summed E-state index contributed by atoms with van der Waals surface area (Å²) in [4.78, 5) is 19.7. The lowest BCUT2D eigenvalue weighted by Gasteiger charge is -2.30. The molecule has 0 spiro atoms. The number of anilines is 1. The monoisotopic (exact) mass is 323 g/mol. The van der Waals surface area contributed by atoms with Gasteiger partial charge in [0.1, 0.15) is 0 Å². The van der Waals surface area contributed by atoms with Gasteiger partial charge in [-0.3, -0.25) is 9.97 Å². The zero-order valence-corrected chi connectivity index (χ0v) is 13.0. The van der Waals surface area contributed by atoms with Crippen molar-refractivity contribution in [2.45, 2.75) is 18.9 Å². The van der Waals surface area contributed by atoms with Crippen molar-refractivity contribution < 1.29 is 9.52 Å². The fourth-order valence-corrected chi connectivity index (χ4v) is 2.91. The molecule has 1 unspecified atom stereocenters. The van der Waals surface area contributed by atoms with E-state index < -0.39 is 0 Å². The molecule has 0 aromatic carbocycles. The van der Waals surface area contributed by atoms with Gasteiger partial charge in [0.15, 0.2) is 0 Å². The van der Waals surface area contributed by atoms with Crippen molar-refractivity contribution in [3.8, 4) is 22.5 Å². The summed E-state index contributed by atoms with van der Waals surface area (Å²) in [5.74, 6) is 0.609. The molecule has 122 valence electrons. The van der Waals surface area contributed by atoms with Gasteiger partial charge in [0.05, 0.1) is 36.2 Å². The van der Waals surface area contributed by atoms with Crippen LogP contribution in [0.3, 0.4) is 0 Å². The first-order valence-electron chi connectivity index (χ1n) is 7.90. The average Bonchev–Trinajstić information content (AvgIpc) is 3.16. The molecule has 1 N–H and O–H groups in total. The summed E-state index contributed by atoms with van der Waals surface area (Å²) < 4.78 is 5.21. The van der Waals surface area contributed by atoms with Crippen molar-refractivity contribution in [1.29, 1.82) is 0 Å². The lowest BCUT2D eigenvalue weighted by molar-refractivity contribution is 0.153. The van der Waals surface area contributed by atoms with Crippen LogP contribution in [0.4, 0.5) is 5.95 Å². The third-order valence-electron chi connectivity index (χ3n) is 4.09. The number of hydrogen-bond donors (Lipinski definition) is 1. The first-order chi connectivity index (χ1) is 11.8. The van der Waals surface area contributed by atoms with Crippen molar-refractivity contribution in [1.82, 2.24) is 19.9 Å². The van der Waals surface area contributed by atoms with Crippen molar-refractivity contribution in [2.24, 2.45) is 0 Å². The third-order valence-corrected chi connectivity index (χ3v) is 4.09. The van der Waals surface area contributed by atoms with Crippen LogP contribution >= 0.6 is 0 Å².